The minimum absolute atomic E-state index is 0.0248. The second kappa shape index (κ2) is 40.0. The molecule has 0 aliphatic carbocycles. The molecule has 0 radical (unpaired) electrons. The van der Waals surface area contributed by atoms with Crippen molar-refractivity contribution in [3.63, 3.8) is 0 Å². The number of thioether (sulfide) groups is 1. The molecule has 2 aliphatic rings. The van der Waals surface area contributed by atoms with Crippen molar-refractivity contribution in [2.75, 3.05) is 33.4 Å². The van der Waals surface area contributed by atoms with E-state index in [1.807, 2.05) is 180 Å². The molecule has 548 valence electrons. The van der Waals surface area contributed by atoms with Crippen LogP contribution >= 0.6 is 11.8 Å². The van der Waals surface area contributed by atoms with E-state index in [0.29, 0.717) is 64.7 Å². The predicted octanol–water partition coefficient (Wildman–Crippen LogP) is 17.0. The molecule has 0 bridgehead atoms. The van der Waals surface area contributed by atoms with E-state index in [0.717, 1.165) is 71.9 Å². The molecule has 3 heterocycles. The molecule has 2 saturated heterocycles. The number of urea groups is 1. The summed E-state index contributed by atoms with van der Waals surface area (Å²) in [5, 5.41) is 36.3. The predicted molar refractivity (Wildman–Crippen MR) is 407 cm³/mol. The highest BCUT2D eigenvalue weighted by atomic mass is 32.2. The number of aromatic amines is 1. The summed E-state index contributed by atoms with van der Waals surface area (Å²) in [6.45, 7) is 46.1. The van der Waals surface area contributed by atoms with Gasteiger partial charge in [-0.3, -0.25) is 24.0 Å². The number of H-pyrrole nitrogens is 1. The summed E-state index contributed by atoms with van der Waals surface area (Å²) >= 11 is 1.94. The first-order valence-electron chi connectivity index (χ1n) is 34.9. The van der Waals surface area contributed by atoms with Crippen molar-refractivity contribution in [2.24, 2.45) is 44.1 Å². The van der Waals surface area contributed by atoms with Crippen LogP contribution in [0.25, 0.3) is 16.5 Å². The number of phenols is 2. The number of fused-ring (bicyclic) bond motifs is 2. The topological polar surface area (TPSA) is 255 Å². The van der Waals surface area contributed by atoms with Gasteiger partial charge in [0.1, 0.15) is 58.6 Å². The Morgan fingerprint density at radius 2 is 1.24 bits per heavy atom. The van der Waals surface area contributed by atoms with Gasteiger partial charge in [0.2, 0.25) is 0 Å². The fourth-order valence-electron chi connectivity index (χ4n) is 10.2. The van der Waals surface area contributed by atoms with E-state index in [2.05, 4.69) is 69.0 Å². The van der Waals surface area contributed by atoms with Crippen molar-refractivity contribution >= 4 is 69.2 Å². The number of ether oxygens (including phenoxy) is 1. The first-order valence-corrected chi connectivity index (χ1v) is 35.9. The average molecular weight is 1380 g/mol. The number of phenolic OH excluding ortho intramolecular Hbond substituents is 2. The van der Waals surface area contributed by atoms with Gasteiger partial charge in [-0.2, -0.15) is 11.8 Å². The van der Waals surface area contributed by atoms with Crippen molar-refractivity contribution in [1.82, 2.24) is 15.6 Å². The summed E-state index contributed by atoms with van der Waals surface area (Å²) in [6, 6.07) is 18.8. The van der Waals surface area contributed by atoms with Gasteiger partial charge >= 0.3 is 12.0 Å². The number of carbonyl (C=O) groups excluding carboxylic acids is 7. The van der Waals surface area contributed by atoms with Crippen LogP contribution in [0.15, 0.2) is 104 Å². The zero-order valence-electron chi connectivity index (χ0n) is 64.4. The number of para-hydroxylation sites is 2. The Morgan fingerprint density at radius 3 is 1.77 bits per heavy atom. The van der Waals surface area contributed by atoms with Gasteiger partial charge in [-0.1, -0.05) is 213 Å². The number of hydrogen-bond acceptors (Lipinski definition) is 13. The number of nitrogens with zero attached hydrogens (tertiary/aromatic N) is 1. The zero-order valence-corrected chi connectivity index (χ0v) is 65.3. The fourth-order valence-corrected chi connectivity index (χ4v) is 11.7. The molecule has 1 unspecified atom stereocenters. The molecule has 98 heavy (non-hydrogen) atoms. The Morgan fingerprint density at radius 1 is 0.694 bits per heavy atom. The maximum absolute atomic E-state index is 12.2. The Labute approximate surface area is 594 Å². The number of nitrogens with one attached hydrogen (secondary N) is 3. The molecule has 2 amide bonds. The summed E-state index contributed by atoms with van der Waals surface area (Å²) in [5.41, 5.74) is 8.19. The third kappa shape index (κ3) is 33.0. The van der Waals surface area contributed by atoms with E-state index in [9.17, 15) is 48.9 Å². The van der Waals surface area contributed by atoms with Crippen LogP contribution in [-0.4, -0.2) is 129 Å². The Bertz CT molecular complexity index is 3280. The number of quaternary nitrogens is 1. The van der Waals surface area contributed by atoms with Gasteiger partial charge in [0.25, 0.3) is 0 Å². The largest absolute Gasteiger partial charge is 0.508 e. The lowest BCUT2D eigenvalue weighted by atomic mass is 9.79. The van der Waals surface area contributed by atoms with E-state index in [-0.39, 0.29) is 80.1 Å². The van der Waals surface area contributed by atoms with Crippen molar-refractivity contribution in [1.29, 1.82) is 0 Å². The highest BCUT2D eigenvalue weighted by Crippen LogP contribution is 2.38. The van der Waals surface area contributed by atoms with Crippen molar-refractivity contribution in [3.05, 3.63) is 121 Å². The third-order valence-electron chi connectivity index (χ3n) is 16.4. The van der Waals surface area contributed by atoms with Gasteiger partial charge < -0.3 is 45.9 Å². The number of aliphatic hydroxyl groups excluding tert-OH is 1. The van der Waals surface area contributed by atoms with Crippen LogP contribution < -0.4 is 21.1 Å². The number of aromatic hydroxyl groups is 2. The summed E-state index contributed by atoms with van der Waals surface area (Å²) < 4.78 is 6.15. The summed E-state index contributed by atoms with van der Waals surface area (Å²) in [4.78, 5) is 85.2. The molecule has 5 atom stereocenters. The second-order valence-corrected chi connectivity index (χ2v) is 34.2. The molecule has 0 saturated carbocycles. The lowest BCUT2D eigenvalue weighted by molar-refractivity contribution is -0.873. The van der Waals surface area contributed by atoms with Gasteiger partial charge in [0, 0.05) is 85.9 Å². The first-order chi connectivity index (χ1) is 44.9. The number of benzene rings is 3. The summed E-state index contributed by atoms with van der Waals surface area (Å²) in [6.07, 6.45) is 17.6. The summed E-state index contributed by atoms with van der Waals surface area (Å²) in [5.74, 6) is 2.29. The smallest absolute Gasteiger partial charge is 0.347 e. The number of likely N-dealkylation sites (N-methyl/N-ethyl adjacent to an activating group) is 1. The van der Waals surface area contributed by atoms with Crippen molar-refractivity contribution < 1.29 is 58.1 Å². The second-order valence-electron chi connectivity index (χ2n) is 32.9. The van der Waals surface area contributed by atoms with Crippen LogP contribution in [0.5, 0.6) is 17.2 Å². The van der Waals surface area contributed by atoms with Gasteiger partial charge in [-0.25, -0.2) is 9.59 Å². The molecule has 1 aromatic heterocycles. The van der Waals surface area contributed by atoms with E-state index in [1.54, 1.807) is 36.4 Å². The average Bonchev–Trinajstić information content (AvgIpc) is 1.57. The first kappa shape index (κ1) is 89.4. The number of unbranched alkanes of at least 4 members (excludes halogenated alkanes) is 1. The van der Waals surface area contributed by atoms with E-state index in [4.69, 9.17) is 10.5 Å². The molecule has 8 N–H and O–H groups in total. The molecular formula is C81H128N5O11S+. The van der Waals surface area contributed by atoms with Crippen molar-refractivity contribution in [2.45, 2.75) is 239 Å². The number of rotatable bonds is 23. The number of carbonyl (C=O) groups is 7. The number of allylic oxidation sites excluding steroid dienone is 5. The van der Waals surface area contributed by atoms with E-state index < -0.39 is 23.5 Å². The third-order valence-corrected chi connectivity index (χ3v) is 17.9. The monoisotopic (exact) mass is 1380 g/mol. The lowest BCUT2D eigenvalue weighted by Crippen LogP contribution is -2.42. The fraction of sp³-hybridized carbons (Fsp3) is 0.593. The van der Waals surface area contributed by atoms with Crippen LogP contribution in [0.4, 0.5) is 4.79 Å². The Hall–Kier alpha value is -6.66. The molecule has 2 fully saturated rings. The number of hydrogen-bond donors (Lipinski definition) is 7. The molecule has 3 aromatic carbocycles. The summed E-state index contributed by atoms with van der Waals surface area (Å²) in [7, 11) is 6.01. The quantitative estimate of drug-likeness (QED) is 0.00912. The Balaban J connectivity index is 0.000000598. The number of ketones is 5. The maximum atomic E-state index is 12.2. The maximum Gasteiger partial charge on any atom is 0.347 e. The molecular weight excluding hydrogens is 1250 g/mol. The SMILES string of the molecule is C=C(c1ccccc1OC(=O)c1ccccc1O)C(C)(C)C.CC(C)(C)C(=O)CC(O)C[N+](C)(C)C.CC(C)(C)C(=O)CCCC[C@@H]1SC[C@@H]2NC(=O)N[C@@H]21.CC(C)(C)C(=O)[C@@H](N)Cc1c[nH]c2ccc(O)cc12.CC/C=C\CC(=O)C(C)(C)C.CC/C=C\CC(C)(C)C(=O)C(C)C. The zero-order chi connectivity index (χ0) is 75.5. The minimum Gasteiger partial charge on any atom is -0.508 e. The highest BCUT2D eigenvalue weighted by Gasteiger charge is 2.42. The number of esters is 1. The van der Waals surface area contributed by atoms with E-state index >= 15 is 0 Å². The van der Waals surface area contributed by atoms with Crippen LogP contribution in [0.2, 0.25) is 0 Å². The normalized spacial score (nSPS) is 16.2. The van der Waals surface area contributed by atoms with Gasteiger partial charge in [0.05, 0.1) is 39.3 Å². The highest BCUT2D eigenvalue weighted by molar-refractivity contribution is 8.00. The molecule has 4 aromatic rings. The van der Waals surface area contributed by atoms with Crippen LogP contribution in [0, 0.1) is 38.4 Å². The lowest BCUT2D eigenvalue weighted by Gasteiger charge is -2.27. The molecule has 16 nitrogen and oxygen atoms in total. The molecule has 17 heteroatoms. The van der Waals surface area contributed by atoms with Gasteiger partial charge in [0.15, 0.2) is 5.78 Å². The number of Topliss-reactive ketones (excluding diaryl/α,β-unsaturated/α-hetero) is 5. The minimum atomic E-state index is -0.591. The van der Waals surface area contributed by atoms with Gasteiger partial charge in [-0.05, 0) is 91.5 Å². The number of aliphatic hydroxyl groups is 1. The van der Waals surface area contributed by atoms with Crippen LogP contribution in [0.3, 0.4) is 0 Å². The standard InChI is InChI=1S/C19H20O3.C15H20N2O2.C14H24N2O2S.C12H22O.C11H24NO2.C10H18O/c1-13(19(2,3)4)14-9-6-8-12-17(14)22-18(21)15-10-5-7-11-16(15)20;1-15(2,3)14(19)12(16)6-9-8-17-13-5-4-10(18)7-11(9)13;1-14(2,3)11(17)7-5-4-6-10-12-9(8-19-10)15-13(18)16-12;1-6-7-8-9-12(4,5)11(13)10(2)3;1-11(2,3)10(14)7-9(13)8-12(4,5)6;1-5-6-7-8-9(11)10(2,3)4/h5-12,20H,1H2,2-4H3;4-5,7-8,12,17-18H,6,16H2,1-3H3;9-10,12H,4-8H2,1-3H3,(H2,15,16,18);7-8,10H,6,9H2,1-5H3;9,13H,7-8H2,1-6H3;6-7H,5,8H2,1-4H3/q;;;;+1;/b;;;8-7-;;7-6-/t;12-;9-,10-,12-;;;/m.00.../s1. The number of nitrogens with two attached hydrogens (primary N) is 1. The van der Waals surface area contributed by atoms with Gasteiger partial charge in [-0.15, -0.1) is 0 Å². The molecule has 0 spiro atoms. The van der Waals surface area contributed by atoms with E-state index in [1.165, 1.54) is 12.1 Å². The number of amides is 2. The molecule has 6 rings (SSSR count). The van der Waals surface area contributed by atoms with Crippen molar-refractivity contribution in [3.8, 4) is 17.2 Å². The van der Waals surface area contributed by atoms with Crippen LogP contribution in [-0.2, 0) is 30.4 Å². The Kier molecular flexibility index (Phi) is 36.4. The van der Waals surface area contributed by atoms with Crippen LogP contribution in [0.1, 0.15) is 225 Å². The molecule has 2 aliphatic heterocycles. The number of aromatic nitrogens is 1.